The van der Waals surface area contributed by atoms with Crippen molar-refractivity contribution in [2.75, 3.05) is 13.6 Å². The SMILES string of the molecule is Cc1cc(C(C)NC(=O)N(C)CCC(C)O)cc(C)c1F. The van der Waals surface area contributed by atoms with Gasteiger partial charge in [0.05, 0.1) is 12.1 Å². The van der Waals surface area contributed by atoms with Crippen LogP contribution in [0.5, 0.6) is 0 Å². The molecule has 0 spiro atoms. The van der Waals surface area contributed by atoms with Crippen LogP contribution >= 0.6 is 0 Å². The molecule has 0 saturated carbocycles. The smallest absolute Gasteiger partial charge is 0.317 e. The number of urea groups is 1. The maximum Gasteiger partial charge on any atom is 0.317 e. The topological polar surface area (TPSA) is 52.6 Å². The standard InChI is InChI=1S/C16H25FN2O2/c1-10-8-14(9-11(2)15(10)17)13(4)18-16(21)19(5)7-6-12(3)20/h8-9,12-13,20H,6-7H2,1-5H3,(H,18,21). The molecule has 0 aliphatic carbocycles. The first-order valence-electron chi connectivity index (χ1n) is 7.18. The van der Waals surface area contributed by atoms with Crippen LogP contribution in [0.4, 0.5) is 9.18 Å². The average molecular weight is 296 g/mol. The maximum absolute atomic E-state index is 13.6. The molecule has 0 bridgehead atoms. The number of carbonyl (C=O) groups excluding carboxylic acids is 1. The van der Waals surface area contributed by atoms with Crippen molar-refractivity contribution < 1.29 is 14.3 Å². The molecule has 1 rings (SSSR count). The number of aryl methyl sites for hydroxylation is 2. The summed E-state index contributed by atoms with van der Waals surface area (Å²) in [6, 6.07) is 3.10. The van der Waals surface area contributed by atoms with Gasteiger partial charge in [0.25, 0.3) is 0 Å². The molecule has 0 saturated heterocycles. The predicted octanol–water partition coefficient (Wildman–Crippen LogP) is 2.92. The van der Waals surface area contributed by atoms with E-state index in [0.29, 0.717) is 24.1 Å². The lowest BCUT2D eigenvalue weighted by atomic mass is 10.0. The first kappa shape index (κ1) is 17.4. The van der Waals surface area contributed by atoms with Crippen LogP contribution < -0.4 is 5.32 Å². The molecule has 0 aliphatic heterocycles. The molecular weight excluding hydrogens is 271 g/mol. The Hall–Kier alpha value is -1.62. The zero-order chi connectivity index (χ0) is 16.2. The van der Waals surface area contributed by atoms with Gasteiger partial charge in [0.1, 0.15) is 5.82 Å². The Morgan fingerprint density at radius 3 is 2.33 bits per heavy atom. The highest BCUT2D eigenvalue weighted by atomic mass is 19.1. The number of hydrogen-bond donors (Lipinski definition) is 2. The molecule has 2 N–H and O–H groups in total. The van der Waals surface area contributed by atoms with Crippen molar-refractivity contribution in [1.82, 2.24) is 10.2 Å². The van der Waals surface area contributed by atoms with Crippen LogP contribution in [0.15, 0.2) is 12.1 Å². The number of carbonyl (C=O) groups is 1. The number of amides is 2. The molecule has 0 aromatic heterocycles. The van der Waals surface area contributed by atoms with E-state index in [1.807, 2.05) is 6.92 Å². The van der Waals surface area contributed by atoms with Crippen LogP contribution in [-0.4, -0.2) is 35.7 Å². The van der Waals surface area contributed by atoms with Gasteiger partial charge in [-0.1, -0.05) is 12.1 Å². The maximum atomic E-state index is 13.6. The van der Waals surface area contributed by atoms with Gasteiger partial charge in [-0.05, 0) is 50.8 Å². The number of rotatable bonds is 5. The quantitative estimate of drug-likeness (QED) is 0.878. The summed E-state index contributed by atoms with van der Waals surface area (Å²) in [7, 11) is 1.69. The highest BCUT2D eigenvalue weighted by molar-refractivity contribution is 5.74. The van der Waals surface area contributed by atoms with E-state index >= 15 is 0 Å². The van der Waals surface area contributed by atoms with Crippen LogP contribution in [0.1, 0.15) is 43.0 Å². The number of nitrogens with zero attached hydrogens (tertiary/aromatic N) is 1. The lowest BCUT2D eigenvalue weighted by Gasteiger charge is -2.22. The summed E-state index contributed by atoms with van der Waals surface area (Å²) in [5.41, 5.74) is 2.03. The molecule has 1 aromatic carbocycles. The Morgan fingerprint density at radius 1 is 1.33 bits per heavy atom. The first-order valence-corrected chi connectivity index (χ1v) is 7.18. The van der Waals surface area contributed by atoms with Crippen molar-refractivity contribution in [2.45, 2.75) is 46.3 Å². The van der Waals surface area contributed by atoms with E-state index in [-0.39, 0.29) is 17.9 Å². The molecule has 5 heteroatoms. The second-order valence-electron chi connectivity index (χ2n) is 5.70. The number of hydrogen-bond acceptors (Lipinski definition) is 2. The Kier molecular flexibility index (Phi) is 6.15. The third-order valence-corrected chi connectivity index (χ3v) is 3.53. The molecule has 0 radical (unpaired) electrons. The molecule has 2 unspecified atom stereocenters. The van der Waals surface area contributed by atoms with Gasteiger partial charge in [-0.3, -0.25) is 0 Å². The molecule has 1 aromatic rings. The third kappa shape index (κ3) is 5.01. The van der Waals surface area contributed by atoms with E-state index in [2.05, 4.69) is 5.32 Å². The van der Waals surface area contributed by atoms with Crippen LogP contribution in [0, 0.1) is 19.7 Å². The number of aliphatic hydroxyl groups is 1. The molecule has 0 aliphatic rings. The van der Waals surface area contributed by atoms with E-state index in [9.17, 15) is 14.3 Å². The van der Waals surface area contributed by atoms with Crippen LogP contribution in [0.2, 0.25) is 0 Å². The van der Waals surface area contributed by atoms with Crippen molar-refractivity contribution in [1.29, 1.82) is 0 Å². The third-order valence-electron chi connectivity index (χ3n) is 3.53. The molecule has 2 amide bonds. The van der Waals surface area contributed by atoms with Crippen molar-refractivity contribution >= 4 is 6.03 Å². The molecule has 4 nitrogen and oxygen atoms in total. The normalized spacial score (nSPS) is 13.7. The number of aliphatic hydroxyl groups excluding tert-OH is 1. The average Bonchev–Trinajstić information content (AvgIpc) is 2.41. The van der Waals surface area contributed by atoms with Crippen molar-refractivity contribution in [3.05, 3.63) is 34.6 Å². The van der Waals surface area contributed by atoms with Gasteiger partial charge < -0.3 is 15.3 Å². The van der Waals surface area contributed by atoms with Crippen molar-refractivity contribution in [3.8, 4) is 0 Å². The number of nitrogens with one attached hydrogen (secondary N) is 1. The highest BCUT2D eigenvalue weighted by Gasteiger charge is 2.15. The van der Waals surface area contributed by atoms with Crippen molar-refractivity contribution in [2.24, 2.45) is 0 Å². The van der Waals surface area contributed by atoms with Gasteiger partial charge in [0, 0.05) is 13.6 Å². The Morgan fingerprint density at radius 2 is 1.86 bits per heavy atom. The minimum absolute atomic E-state index is 0.202. The first-order chi connectivity index (χ1) is 9.72. The predicted molar refractivity (Wildman–Crippen MR) is 81.7 cm³/mol. The fourth-order valence-corrected chi connectivity index (χ4v) is 2.09. The number of benzene rings is 1. The zero-order valence-electron chi connectivity index (χ0n) is 13.4. The van der Waals surface area contributed by atoms with Gasteiger partial charge in [-0.15, -0.1) is 0 Å². The Bertz CT molecular complexity index is 480. The van der Waals surface area contributed by atoms with E-state index in [1.165, 1.54) is 4.90 Å². The van der Waals surface area contributed by atoms with Gasteiger partial charge in [0.15, 0.2) is 0 Å². The summed E-state index contributed by atoms with van der Waals surface area (Å²) in [5, 5.41) is 12.1. The lowest BCUT2D eigenvalue weighted by Crippen LogP contribution is -2.39. The number of halogens is 1. The van der Waals surface area contributed by atoms with E-state index in [1.54, 1.807) is 40.0 Å². The second kappa shape index (κ2) is 7.41. The molecule has 21 heavy (non-hydrogen) atoms. The van der Waals surface area contributed by atoms with E-state index in [0.717, 1.165) is 5.56 Å². The fraction of sp³-hybridized carbons (Fsp3) is 0.562. The summed E-state index contributed by atoms with van der Waals surface area (Å²) >= 11 is 0. The minimum Gasteiger partial charge on any atom is -0.393 e. The highest BCUT2D eigenvalue weighted by Crippen LogP contribution is 2.20. The second-order valence-corrected chi connectivity index (χ2v) is 5.70. The van der Waals surface area contributed by atoms with Crippen LogP contribution in [0.3, 0.4) is 0 Å². The van der Waals surface area contributed by atoms with Gasteiger partial charge in [0.2, 0.25) is 0 Å². The Balaban J connectivity index is 2.68. The molecule has 118 valence electrons. The van der Waals surface area contributed by atoms with E-state index < -0.39 is 6.10 Å². The summed E-state index contributed by atoms with van der Waals surface area (Å²) in [5.74, 6) is -0.202. The summed E-state index contributed by atoms with van der Waals surface area (Å²) in [6.45, 7) is 7.48. The Labute approximate surface area is 126 Å². The van der Waals surface area contributed by atoms with Crippen molar-refractivity contribution in [3.63, 3.8) is 0 Å². The van der Waals surface area contributed by atoms with E-state index in [4.69, 9.17) is 0 Å². The largest absolute Gasteiger partial charge is 0.393 e. The fourth-order valence-electron chi connectivity index (χ4n) is 2.09. The molecule has 0 fully saturated rings. The van der Waals surface area contributed by atoms with Gasteiger partial charge in [-0.25, -0.2) is 9.18 Å². The lowest BCUT2D eigenvalue weighted by molar-refractivity contribution is 0.162. The molecule has 2 atom stereocenters. The van der Waals surface area contributed by atoms with Gasteiger partial charge >= 0.3 is 6.03 Å². The summed E-state index contributed by atoms with van der Waals surface area (Å²) < 4.78 is 13.6. The minimum atomic E-state index is -0.430. The van der Waals surface area contributed by atoms with Crippen LogP contribution in [-0.2, 0) is 0 Å². The molecule has 0 heterocycles. The summed E-state index contributed by atoms with van der Waals surface area (Å²) in [4.78, 5) is 13.6. The summed E-state index contributed by atoms with van der Waals surface area (Å²) in [6.07, 6.45) is 0.104. The van der Waals surface area contributed by atoms with Crippen LogP contribution in [0.25, 0.3) is 0 Å². The zero-order valence-corrected chi connectivity index (χ0v) is 13.4. The monoisotopic (exact) mass is 296 g/mol. The molecular formula is C16H25FN2O2. The van der Waals surface area contributed by atoms with Gasteiger partial charge in [-0.2, -0.15) is 0 Å².